The number of hydrogen-bond donors (Lipinski definition) is 0. The second kappa shape index (κ2) is 8.88. The minimum Gasteiger partial charge on any atom is -0.110 e. The van der Waals surface area contributed by atoms with E-state index in [9.17, 15) is 0 Å². The van der Waals surface area contributed by atoms with Crippen molar-refractivity contribution in [3.63, 3.8) is 0 Å². The topological polar surface area (TPSA) is 0 Å². The Labute approximate surface area is 211 Å². The molecule has 2 atom stereocenters. The summed E-state index contributed by atoms with van der Waals surface area (Å²) in [4.78, 5) is 0. The summed E-state index contributed by atoms with van der Waals surface area (Å²) in [6, 6.07) is 0. The Bertz CT molecular complexity index is 514. The van der Waals surface area contributed by atoms with E-state index in [1.54, 1.807) is 77.0 Å². The van der Waals surface area contributed by atoms with Crippen molar-refractivity contribution < 1.29 is 20.4 Å². The van der Waals surface area contributed by atoms with E-state index in [2.05, 4.69) is 41.5 Å². The molecule has 0 aliphatic heterocycles. The van der Waals surface area contributed by atoms with Crippen LogP contribution in [0.2, 0.25) is 0 Å². The first-order valence-electron chi connectivity index (χ1n) is 13.5. The quantitative estimate of drug-likeness (QED) is 0.236. The van der Waals surface area contributed by atoms with E-state index in [4.69, 9.17) is 0 Å². The molecule has 0 heterocycles. The second-order valence-electron chi connectivity index (χ2n) is 15.1. The molecule has 8 fully saturated rings. The third kappa shape index (κ3) is 6.03. The summed E-state index contributed by atoms with van der Waals surface area (Å²) in [5, 5.41) is 2.78. The van der Waals surface area contributed by atoms with Gasteiger partial charge in [-0.15, -0.1) is 17.2 Å². The maximum atomic E-state index is 2.45. The van der Waals surface area contributed by atoms with Gasteiger partial charge in [-0.2, -0.15) is 0 Å². The molecule has 8 aliphatic carbocycles. The second-order valence-corrected chi connectivity index (χ2v) is 20.8. The molecule has 8 rings (SSSR count). The maximum Gasteiger partial charge on any atom is 2.00 e. The zero-order chi connectivity index (χ0) is 21.4. The van der Waals surface area contributed by atoms with Crippen molar-refractivity contribution in [2.45, 2.75) is 139 Å². The summed E-state index contributed by atoms with van der Waals surface area (Å²) in [5.74, 6) is 6.78. The van der Waals surface area contributed by atoms with Crippen LogP contribution in [0.5, 0.6) is 0 Å². The van der Waals surface area contributed by atoms with E-state index >= 15 is 0 Å². The normalized spacial score (nSPS) is 47.8. The van der Waals surface area contributed by atoms with Crippen molar-refractivity contribution in [3.8, 4) is 0 Å². The van der Waals surface area contributed by atoms with Crippen LogP contribution in [0.4, 0.5) is 0 Å². The van der Waals surface area contributed by atoms with Crippen LogP contribution in [0.3, 0.4) is 0 Å². The summed E-state index contributed by atoms with van der Waals surface area (Å²) in [5.41, 5.74) is 0. The minimum absolute atomic E-state index is 0. The van der Waals surface area contributed by atoms with Gasteiger partial charge in [-0.05, 0) is 133 Å². The van der Waals surface area contributed by atoms with Gasteiger partial charge in [0.25, 0.3) is 0 Å². The van der Waals surface area contributed by atoms with Crippen LogP contribution in [0.1, 0.15) is 119 Å². The zero-order valence-corrected chi connectivity index (χ0v) is 24.8. The molecule has 8 saturated carbocycles. The smallest absolute Gasteiger partial charge is 0.110 e. The van der Waals surface area contributed by atoms with Crippen molar-refractivity contribution in [1.29, 1.82) is 0 Å². The number of rotatable bonds is 2. The molecule has 0 aromatic heterocycles. The molecule has 180 valence electrons. The van der Waals surface area contributed by atoms with Crippen molar-refractivity contribution in [2.75, 3.05) is 0 Å². The molecular formula is C28H50P2Pd+2. The van der Waals surface area contributed by atoms with E-state index in [0.29, 0.717) is 10.3 Å². The summed E-state index contributed by atoms with van der Waals surface area (Å²) >= 11 is 0. The molecule has 0 N–H and O–H groups in total. The molecule has 0 spiro atoms. The molecule has 2 unspecified atom stereocenters. The van der Waals surface area contributed by atoms with Gasteiger partial charge >= 0.3 is 20.4 Å². The van der Waals surface area contributed by atoms with Crippen LogP contribution < -0.4 is 0 Å². The number of hydrogen-bond acceptors (Lipinski definition) is 0. The third-order valence-corrected chi connectivity index (χ3v) is 13.1. The van der Waals surface area contributed by atoms with Gasteiger partial charge in [0.15, 0.2) is 0 Å². The molecule has 0 aromatic rings. The molecule has 0 nitrogen and oxygen atoms in total. The average Bonchev–Trinajstić information content (AvgIpc) is 2.47. The Hall–Kier alpha value is 1.52. The fraction of sp³-hybridized carbons (Fsp3) is 1.00. The van der Waals surface area contributed by atoms with Crippen LogP contribution in [0.25, 0.3) is 0 Å². The van der Waals surface area contributed by atoms with Gasteiger partial charge in [-0.25, -0.2) is 0 Å². The Kier molecular flexibility index (Phi) is 7.33. The zero-order valence-electron chi connectivity index (χ0n) is 21.3. The van der Waals surface area contributed by atoms with Crippen LogP contribution in [-0.2, 0) is 20.4 Å². The van der Waals surface area contributed by atoms with Gasteiger partial charge in [0, 0.05) is 0 Å². The van der Waals surface area contributed by atoms with E-state index < -0.39 is 0 Å². The third-order valence-electron chi connectivity index (χ3n) is 9.36. The van der Waals surface area contributed by atoms with E-state index in [-0.39, 0.29) is 20.4 Å². The fourth-order valence-corrected chi connectivity index (χ4v) is 15.6. The first-order chi connectivity index (χ1) is 13.9. The predicted octanol–water partition coefficient (Wildman–Crippen LogP) is 8.86. The first-order valence-corrected chi connectivity index (χ1v) is 15.5. The molecule has 0 aromatic carbocycles. The van der Waals surface area contributed by atoms with Gasteiger partial charge in [0.2, 0.25) is 0 Å². The summed E-state index contributed by atoms with van der Waals surface area (Å²) in [7, 11) is 2.43. The predicted molar refractivity (Wildman–Crippen MR) is 138 cm³/mol. The van der Waals surface area contributed by atoms with Gasteiger partial charge in [-0.1, -0.05) is 41.5 Å². The molecule has 0 radical (unpaired) electrons. The summed E-state index contributed by atoms with van der Waals surface area (Å²) < 4.78 is 0. The summed E-state index contributed by atoms with van der Waals surface area (Å²) in [6.07, 6.45) is 19.1. The van der Waals surface area contributed by atoms with Crippen molar-refractivity contribution in [3.05, 3.63) is 0 Å². The Morgan fingerprint density at radius 1 is 0.452 bits per heavy atom. The summed E-state index contributed by atoms with van der Waals surface area (Å²) in [6.45, 7) is 14.7. The first kappa shape index (κ1) is 25.6. The van der Waals surface area contributed by atoms with E-state index in [1.807, 2.05) is 0 Å². The van der Waals surface area contributed by atoms with Gasteiger partial charge in [0.1, 0.15) is 0 Å². The van der Waals surface area contributed by atoms with Crippen LogP contribution in [-0.4, -0.2) is 20.6 Å². The largest absolute Gasteiger partial charge is 2.00 e. The minimum atomic E-state index is 0. The van der Waals surface area contributed by atoms with E-state index in [0.717, 1.165) is 45.8 Å². The molecule has 3 heteroatoms. The SMILES string of the molecule is CC(C)(C)PC12CC3CC(CC(C3)C1)C2.CC(C)(C)PC12CC3CC(CC(C3)C1)C2.[Pd+2]. The standard InChI is InChI=1S/2C14H25P.Pd/c2*1-13(2,3)15-14-7-10-4-11(8-14)6-12(5-10)9-14;/h2*10-12,15H,4-9H2,1-3H3;/q;;+2. The van der Waals surface area contributed by atoms with Crippen LogP contribution in [0.15, 0.2) is 0 Å². The van der Waals surface area contributed by atoms with Crippen LogP contribution >= 0.6 is 17.2 Å². The van der Waals surface area contributed by atoms with Gasteiger partial charge in [-0.3, -0.25) is 0 Å². The molecule has 0 saturated heterocycles. The van der Waals surface area contributed by atoms with Crippen molar-refractivity contribution in [2.24, 2.45) is 35.5 Å². The molecule has 8 aliphatic rings. The maximum absolute atomic E-state index is 2.45. The Morgan fingerprint density at radius 2 is 0.645 bits per heavy atom. The van der Waals surface area contributed by atoms with Gasteiger partial charge in [0.05, 0.1) is 0 Å². The van der Waals surface area contributed by atoms with Crippen molar-refractivity contribution in [1.82, 2.24) is 0 Å². The fourth-order valence-electron chi connectivity index (χ4n) is 10.1. The van der Waals surface area contributed by atoms with Gasteiger partial charge < -0.3 is 0 Å². The average molecular weight is 555 g/mol. The molecular weight excluding hydrogens is 505 g/mol. The molecule has 8 bridgehead atoms. The van der Waals surface area contributed by atoms with E-state index in [1.165, 1.54) is 17.2 Å². The monoisotopic (exact) mass is 554 g/mol. The van der Waals surface area contributed by atoms with Crippen LogP contribution in [0, 0.1) is 35.5 Å². The Morgan fingerprint density at radius 3 is 0.806 bits per heavy atom. The molecule has 0 amide bonds. The molecule has 31 heavy (non-hydrogen) atoms. The Balaban J connectivity index is 0.000000144. The van der Waals surface area contributed by atoms with Crippen molar-refractivity contribution >= 4 is 17.2 Å².